The van der Waals surface area contributed by atoms with Gasteiger partial charge in [-0.15, -0.1) is 0 Å². The molecule has 0 radical (unpaired) electrons. The zero-order chi connectivity index (χ0) is 12.3. The molecule has 1 aromatic carbocycles. The van der Waals surface area contributed by atoms with Crippen molar-refractivity contribution in [3.8, 4) is 0 Å². The van der Waals surface area contributed by atoms with Crippen LogP contribution in [0.2, 0.25) is 6.04 Å². The van der Waals surface area contributed by atoms with E-state index < -0.39 is 14.6 Å². The van der Waals surface area contributed by atoms with Crippen molar-refractivity contribution in [1.82, 2.24) is 0 Å². The molecular formula is C13H20O3Si. The SMILES string of the molecule is OC1CCC(O)(C[SiH](O)c2ccccc2)CC1. The monoisotopic (exact) mass is 252 g/mol. The van der Waals surface area contributed by atoms with Crippen LogP contribution in [0.1, 0.15) is 25.7 Å². The molecule has 1 unspecified atom stereocenters. The van der Waals surface area contributed by atoms with Gasteiger partial charge in [0.05, 0.1) is 11.7 Å². The molecule has 0 saturated heterocycles. The standard InChI is InChI=1S/C13H20O3Si/c14-11-6-8-13(15,9-7-11)10-17(16)12-4-2-1-3-5-12/h1-5,11,14-17H,6-10H2. The highest BCUT2D eigenvalue weighted by molar-refractivity contribution is 6.66. The summed E-state index contributed by atoms with van der Waals surface area (Å²) >= 11 is 0. The third-order valence-corrected chi connectivity index (χ3v) is 5.94. The summed E-state index contributed by atoms with van der Waals surface area (Å²) in [7, 11) is -2.05. The highest BCUT2D eigenvalue weighted by Gasteiger charge is 2.35. The molecule has 1 saturated carbocycles. The summed E-state index contributed by atoms with van der Waals surface area (Å²) in [6, 6.07) is 10.1. The van der Waals surface area contributed by atoms with Crippen molar-refractivity contribution >= 4 is 14.2 Å². The third kappa shape index (κ3) is 3.39. The second-order valence-corrected chi connectivity index (χ2v) is 7.19. The molecule has 1 fully saturated rings. The molecule has 4 heteroatoms. The maximum atomic E-state index is 10.4. The van der Waals surface area contributed by atoms with E-state index in [4.69, 9.17) is 0 Å². The zero-order valence-electron chi connectivity index (χ0n) is 9.92. The summed E-state index contributed by atoms with van der Waals surface area (Å²) in [4.78, 5) is 10.2. The normalized spacial score (nSPS) is 31.1. The molecule has 3 nitrogen and oxygen atoms in total. The second kappa shape index (κ2) is 5.31. The van der Waals surface area contributed by atoms with Crippen LogP contribution < -0.4 is 5.19 Å². The van der Waals surface area contributed by atoms with Crippen LogP contribution in [0, 0.1) is 0 Å². The summed E-state index contributed by atoms with van der Waals surface area (Å²) in [5, 5.41) is 20.8. The number of aliphatic hydroxyl groups is 2. The molecular weight excluding hydrogens is 232 g/mol. The minimum Gasteiger partial charge on any atom is -0.430 e. The van der Waals surface area contributed by atoms with Gasteiger partial charge < -0.3 is 15.0 Å². The molecule has 1 aliphatic rings. The van der Waals surface area contributed by atoms with Gasteiger partial charge in [-0.2, -0.15) is 0 Å². The number of hydrogen-bond donors (Lipinski definition) is 3. The Morgan fingerprint density at radius 2 is 1.76 bits per heavy atom. The summed E-state index contributed by atoms with van der Waals surface area (Å²) in [5.74, 6) is 0. The van der Waals surface area contributed by atoms with E-state index in [9.17, 15) is 15.0 Å². The van der Waals surface area contributed by atoms with Gasteiger partial charge in [0.2, 0.25) is 9.04 Å². The molecule has 0 heterocycles. The fourth-order valence-corrected chi connectivity index (χ4v) is 4.53. The number of rotatable bonds is 3. The number of benzene rings is 1. The molecule has 1 atom stereocenters. The molecule has 0 amide bonds. The van der Waals surface area contributed by atoms with Crippen molar-refractivity contribution < 1.29 is 15.0 Å². The van der Waals surface area contributed by atoms with Crippen LogP contribution in [0.5, 0.6) is 0 Å². The predicted octanol–water partition coefficient (Wildman–Crippen LogP) is 0.276. The van der Waals surface area contributed by atoms with Gasteiger partial charge in [0.25, 0.3) is 0 Å². The summed E-state index contributed by atoms with van der Waals surface area (Å²) in [5.41, 5.74) is -0.763. The quantitative estimate of drug-likeness (QED) is 0.677. The van der Waals surface area contributed by atoms with E-state index in [1.165, 1.54) is 0 Å². The van der Waals surface area contributed by atoms with Crippen molar-refractivity contribution in [2.24, 2.45) is 0 Å². The van der Waals surface area contributed by atoms with Crippen LogP contribution in [0.25, 0.3) is 0 Å². The first-order valence-electron chi connectivity index (χ1n) is 6.22. The van der Waals surface area contributed by atoms with Gasteiger partial charge in [-0.3, -0.25) is 0 Å². The summed E-state index contributed by atoms with van der Waals surface area (Å²) < 4.78 is 0. The highest BCUT2D eigenvalue weighted by atomic mass is 28.3. The average molecular weight is 252 g/mol. The van der Waals surface area contributed by atoms with Crippen molar-refractivity contribution in [1.29, 1.82) is 0 Å². The summed E-state index contributed by atoms with van der Waals surface area (Å²) in [6.07, 6.45) is 2.22. The molecule has 2 rings (SSSR count). The Labute approximate surface area is 103 Å². The lowest BCUT2D eigenvalue weighted by Crippen LogP contribution is -2.43. The Morgan fingerprint density at radius 3 is 2.35 bits per heavy atom. The Bertz CT molecular complexity index is 347. The first kappa shape index (κ1) is 12.8. The Morgan fingerprint density at radius 1 is 1.18 bits per heavy atom. The Kier molecular flexibility index (Phi) is 3.99. The third-order valence-electron chi connectivity index (χ3n) is 3.64. The maximum absolute atomic E-state index is 10.4. The van der Waals surface area contributed by atoms with Crippen molar-refractivity contribution in [2.45, 2.75) is 43.4 Å². The van der Waals surface area contributed by atoms with E-state index in [1.807, 2.05) is 30.3 Å². The van der Waals surface area contributed by atoms with E-state index in [1.54, 1.807) is 0 Å². The highest BCUT2D eigenvalue weighted by Crippen LogP contribution is 2.32. The van der Waals surface area contributed by atoms with Gasteiger partial charge in [-0.25, -0.2) is 0 Å². The zero-order valence-corrected chi connectivity index (χ0v) is 11.1. The molecule has 94 valence electrons. The second-order valence-electron chi connectivity index (χ2n) is 5.09. The molecule has 0 aliphatic heterocycles. The average Bonchev–Trinajstić information content (AvgIpc) is 2.34. The minimum absolute atomic E-state index is 0.272. The van der Waals surface area contributed by atoms with Gasteiger partial charge >= 0.3 is 0 Å². The fourth-order valence-electron chi connectivity index (χ4n) is 2.50. The van der Waals surface area contributed by atoms with E-state index >= 15 is 0 Å². The molecule has 1 aliphatic carbocycles. The Hall–Kier alpha value is -0.683. The molecule has 0 bridgehead atoms. The Balaban J connectivity index is 1.96. The van der Waals surface area contributed by atoms with Crippen LogP contribution in [-0.4, -0.2) is 35.8 Å². The van der Waals surface area contributed by atoms with Gasteiger partial charge in [0, 0.05) is 0 Å². The van der Waals surface area contributed by atoms with Crippen LogP contribution in [0.4, 0.5) is 0 Å². The van der Waals surface area contributed by atoms with Crippen molar-refractivity contribution in [3.63, 3.8) is 0 Å². The summed E-state index contributed by atoms with van der Waals surface area (Å²) in [6.45, 7) is 0. The number of aliphatic hydroxyl groups excluding tert-OH is 1. The number of hydrogen-bond acceptors (Lipinski definition) is 3. The van der Waals surface area contributed by atoms with Gasteiger partial charge in [-0.1, -0.05) is 30.3 Å². The van der Waals surface area contributed by atoms with E-state index in [0.29, 0.717) is 31.7 Å². The first-order chi connectivity index (χ1) is 8.09. The molecule has 0 aromatic heterocycles. The van der Waals surface area contributed by atoms with E-state index in [0.717, 1.165) is 5.19 Å². The van der Waals surface area contributed by atoms with E-state index in [-0.39, 0.29) is 6.10 Å². The predicted molar refractivity (Wildman–Crippen MR) is 69.7 cm³/mol. The lowest BCUT2D eigenvalue weighted by atomic mass is 9.85. The maximum Gasteiger partial charge on any atom is 0.206 e. The van der Waals surface area contributed by atoms with Crippen molar-refractivity contribution in [2.75, 3.05) is 0 Å². The topological polar surface area (TPSA) is 60.7 Å². The molecule has 17 heavy (non-hydrogen) atoms. The largest absolute Gasteiger partial charge is 0.430 e. The van der Waals surface area contributed by atoms with Crippen LogP contribution >= 0.6 is 0 Å². The van der Waals surface area contributed by atoms with Gasteiger partial charge in [0.1, 0.15) is 0 Å². The lowest BCUT2D eigenvalue weighted by molar-refractivity contribution is -0.0189. The first-order valence-corrected chi connectivity index (χ1v) is 8.14. The fraction of sp³-hybridized carbons (Fsp3) is 0.538. The molecule has 1 aromatic rings. The molecule has 3 N–H and O–H groups in total. The smallest absolute Gasteiger partial charge is 0.206 e. The van der Waals surface area contributed by atoms with E-state index in [2.05, 4.69) is 0 Å². The minimum atomic E-state index is -2.05. The van der Waals surface area contributed by atoms with Crippen molar-refractivity contribution in [3.05, 3.63) is 30.3 Å². The van der Waals surface area contributed by atoms with Crippen LogP contribution in [-0.2, 0) is 0 Å². The van der Waals surface area contributed by atoms with Gasteiger partial charge in [-0.05, 0) is 36.9 Å². The molecule has 0 spiro atoms. The lowest BCUT2D eigenvalue weighted by Gasteiger charge is -2.35. The van der Waals surface area contributed by atoms with Crippen LogP contribution in [0.15, 0.2) is 30.3 Å². The van der Waals surface area contributed by atoms with Gasteiger partial charge in [0.15, 0.2) is 0 Å². The van der Waals surface area contributed by atoms with Crippen LogP contribution in [0.3, 0.4) is 0 Å².